The monoisotopic (exact) mass is 128 g/mol. The van der Waals surface area contributed by atoms with Gasteiger partial charge in [0.2, 0.25) is 5.95 Å². The largest absolute Gasteiger partial charge is 0.412 e. The highest BCUT2D eigenvalue weighted by Crippen LogP contribution is 2.04. The molecule has 50 valence electrons. The SMILES string of the molecule is COn1c(N)cnc1N. The molecule has 0 fully saturated rings. The van der Waals surface area contributed by atoms with Gasteiger partial charge in [0.15, 0.2) is 5.82 Å². The maximum Gasteiger partial charge on any atom is 0.236 e. The average Bonchev–Trinajstić information content (AvgIpc) is 2.12. The first-order chi connectivity index (χ1) is 4.25. The second-order valence-electron chi connectivity index (χ2n) is 1.52. The molecule has 0 aliphatic carbocycles. The molecule has 0 radical (unpaired) electrons. The molecule has 1 rings (SSSR count). The third kappa shape index (κ3) is 0.758. The summed E-state index contributed by atoms with van der Waals surface area (Å²) < 4.78 is 1.24. The second kappa shape index (κ2) is 1.85. The fourth-order valence-corrected chi connectivity index (χ4v) is 0.568. The van der Waals surface area contributed by atoms with E-state index in [9.17, 15) is 0 Å². The molecular formula is C4H8N4O. The Bertz CT molecular complexity index is 187. The summed E-state index contributed by atoms with van der Waals surface area (Å²) in [5.41, 5.74) is 10.6. The van der Waals surface area contributed by atoms with Crippen molar-refractivity contribution in [3.8, 4) is 0 Å². The summed E-state index contributed by atoms with van der Waals surface area (Å²) in [4.78, 5) is 8.40. The van der Waals surface area contributed by atoms with Gasteiger partial charge in [-0.3, -0.25) is 0 Å². The van der Waals surface area contributed by atoms with Crippen molar-refractivity contribution in [2.45, 2.75) is 0 Å². The molecule has 0 aromatic carbocycles. The van der Waals surface area contributed by atoms with Crippen LogP contribution < -0.4 is 16.3 Å². The number of hydrogen-bond donors (Lipinski definition) is 2. The number of rotatable bonds is 1. The van der Waals surface area contributed by atoms with Crippen molar-refractivity contribution >= 4 is 11.8 Å². The van der Waals surface area contributed by atoms with Gasteiger partial charge in [0, 0.05) is 0 Å². The molecule has 0 saturated heterocycles. The molecular weight excluding hydrogens is 120 g/mol. The van der Waals surface area contributed by atoms with Gasteiger partial charge >= 0.3 is 0 Å². The summed E-state index contributed by atoms with van der Waals surface area (Å²) in [5, 5.41) is 0. The van der Waals surface area contributed by atoms with Crippen LogP contribution in [0.1, 0.15) is 0 Å². The van der Waals surface area contributed by atoms with Crippen LogP contribution in [-0.4, -0.2) is 16.8 Å². The van der Waals surface area contributed by atoms with Crippen LogP contribution in [0.2, 0.25) is 0 Å². The molecule has 9 heavy (non-hydrogen) atoms. The number of nitrogen functional groups attached to an aromatic ring is 2. The summed E-state index contributed by atoms with van der Waals surface area (Å²) in [6, 6.07) is 0. The van der Waals surface area contributed by atoms with Gasteiger partial charge in [0.25, 0.3) is 0 Å². The van der Waals surface area contributed by atoms with Gasteiger partial charge in [-0.05, 0) is 0 Å². The van der Waals surface area contributed by atoms with Crippen molar-refractivity contribution in [3.05, 3.63) is 6.20 Å². The molecule has 1 aromatic rings. The summed E-state index contributed by atoms with van der Waals surface area (Å²) in [7, 11) is 1.47. The van der Waals surface area contributed by atoms with Gasteiger partial charge in [-0.25, -0.2) is 4.98 Å². The molecule has 0 amide bonds. The van der Waals surface area contributed by atoms with E-state index in [0.717, 1.165) is 0 Å². The predicted molar refractivity (Wildman–Crippen MR) is 33.6 cm³/mol. The maximum atomic E-state index is 5.35. The Labute approximate surface area is 52.2 Å². The molecule has 5 heteroatoms. The Kier molecular flexibility index (Phi) is 1.18. The lowest BCUT2D eigenvalue weighted by molar-refractivity contribution is 0.178. The summed E-state index contributed by atoms with van der Waals surface area (Å²) in [6.07, 6.45) is 1.43. The zero-order chi connectivity index (χ0) is 6.85. The summed E-state index contributed by atoms with van der Waals surface area (Å²) in [5.74, 6) is 0.657. The van der Waals surface area contributed by atoms with Crippen molar-refractivity contribution in [3.63, 3.8) is 0 Å². The molecule has 0 spiro atoms. The van der Waals surface area contributed by atoms with Gasteiger partial charge < -0.3 is 16.3 Å². The molecule has 0 aliphatic rings. The van der Waals surface area contributed by atoms with Crippen LogP contribution in [0.3, 0.4) is 0 Å². The van der Waals surface area contributed by atoms with E-state index in [1.54, 1.807) is 0 Å². The van der Waals surface area contributed by atoms with Gasteiger partial charge in [-0.2, -0.15) is 0 Å². The number of aromatic nitrogens is 2. The maximum absolute atomic E-state index is 5.35. The fraction of sp³-hybridized carbons (Fsp3) is 0.250. The normalized spacial score (nSPS) is 9.44. The third-order valence-electron chi connectivity index (χ3n) is 0.954. The Morgan fingerprint density at radius 3 is 2.56 bits per heavy atom. The fourth-order valence-electron chi connectivity index (χ4n) is 0.568. The van der Waals surface area contributed by atoms with Gasteiger partial charge in [-0.1, -0.05) is 0 Å². The molecule has 0 atom stereocenters. The molecule has 0 unspecified atom stereocenters. The Morgan fingerprint density at radius 2 is 2.33 bits per heavy atom. The minimum absolute atomic E-state index is 0.259. The van der Waals surface area contributed by atoms with Crippen LogP contribution in [0, 0.1) is 0 Å². The van der Waals surface area contributed by atoms with E-state index in [0.29, 0.717) is 5.82 Å². The zero-order valence-corrected chi connectivity index (χ0v) is 5.03. The lowest BCUT2D eigenvalue weighted by atomic mass is 10.8. The first kappa shape index (κ1) is 5.74. The van der Waals surface area contributed by atoms with Crippen molar-refractivity contribution in [1.29, 1.82) is 0 Å². The topological polar surface area (TPSA) is 79.1 Å². The van der Waals surface area contributed by atoms with Gasteiger partial charge in [-0.15, -0.1) is 4.73 Å². The van der Waals surface area contributed by atoms with E-state index >= 15 is 0 Å². The van der Waals surface area contributed by atoms with Crippen LogP contribution in [0.4, 0.5) is 11.8 Å². The summed E-state index contributed by atoms with van der Waals surface area (Å²) in [6.45, 7) is 0. The van der Waals surface area contributed by atoms with E-state index in [4.69, 9.17) is 16.3 Å². The number of nitrogens with two attached hydrogens (primary N) is 2. The molecule has 4 N–H and O–H groups in total. The highest BCUT2D eigenvalue weighted by Gasteiger charge is 2.00. The standard InChI is InChI=1S/C4H8N4O/c1-9-8-3(5)2-7-4(8)6/h2H,5H2,1H3,(H2,6,7). The lowest BCUT2D eigenvalue weighted by Crippen LogP contribution is -2.11. The number of nitrogens with zero attached hydrogens (tertiary/aromatic N) is 2. The Balaban J connectivity index is 3.07. The van der Waals surface area contributed by atoms with E-state index in [1.807, 2.05) is 0 Å². The average molecular weight is 128 g/mol. The number of hydrogen-bond acceptors (Lipinski definition) is 4. The predicted octanol–water partition coefficient (Wildman–Crippen LogP) is -0.894. The first-order valence-corrected chi connectivity index (χ1v) is 2.39. The van der Waals surface area contributed by atoms with Crippen molar-refractivity contribution in [2.75, 3.05) is 18.6 Å². The van der Waals surface area contributed by atoms with E-state index in [2.05, 4.69) is 4.98 Å². The molecule has 0 saturated carbocycles. The van der Waals surface area contributed by atoms with Gasteiger partial charge in [0.05, 0.1) is 6.20 Å². The van der Waals surface area contributed by atoms with E-state index < -0.39 is 0 Å². The van der Waals surface area contributed by atoms with E-state index in [1.165, 1.54) is 18.0 Å². The quantitative estimate of drug-likeness (QED) is 0.514. The summed E-state index contributed by atoms with van der Waals surface area (Å²) >= 11 is 0. The minimum atomic E-state index is 0.259. The molecule has 1 heterocycles. The van der Waals surface area contributed by atoms with Crippen LogP contribution in [0.5, 0.6) is 0 Å². The molecule has 0 aliphatic heterocycles. The Hall–Kier alpha value is -1.39. The van der Waals surface area contributed by atoms with Crippen LogP contribution >= 0.6 is 0 Å². The number of imidazole rings is 1. The number of anilines is 2. The second-order valence-corrected chi connectivity index (χ2v) is 1.52. The van der Waals surface area contributed by atoms with Crippen LogP contribution in [0.15, 0.2) is 6.20 Å². The molecule has 0 bridgehead atoms. The van der Waals surface area contributed by atoms with Crippen molar-refractivity contribution in [1.82, 2.24) is 9.71 Å². The zero-order valence-electron chi connectivity index (χ0n) is 5.03. The smallest absolute Gasteiger partial charge is 0.236 e. The highest BCUT2D eigenvalue weighted by atomic mass is 16.6. The van der Waals surface area contributed by atoms with Gasteiger partial charge in [0.1, 0.15) is 7.11 Å². The van der Waals surface area contributed by atoms with E-state index in [-0.39, 0.29) is 5.95 Å². The molecule has 5 nitrogen and oxygen atoms in total. The lowest BCUT2D eigenvalue weighted by Gasteiger charge is -2.01. The Morgan fingerprint density at radius 1 is 1.67 bits per heavy atom. The van der Waals surface area contributed by atoms with Crippen LogP contribution in [0.25, 0.3) is 0 Å². The van der Waals surface area contributed by atoms with Crippen molar-refractivity contribution < 1.29 is 4.84 Å². The molecule has 1 aromatic heterocycles. The highest BCUT2D eigenvalue weighted by molar-refractivity contribution is 5.34. The van der Waals surface area contributed by atoms with Crippen molar-refractivity contribution in [2.24, 2.45) is 0 Å². The van der Waals surface area contributed by atoms with Crippen LogP contribution in [-0.2, 0) is 0 Å². The first-order valence-electron chi connectivity index (χ1n) is 2.39. The third-order valence-corrected chi connectivity index (χ3v) is 0.954. The minimum Gasteiger partial charge on any atom is -0.412 e.